The van der Waals surface area contributed by atoms with Gasteiger partial charge in [-0.2, -0.15) is 0 Å². The van der Waals surface area contributed by atoms with E-state index in [1.807, 2.05) is 61.5 Å². The maximum absolute atomic E-state index is 13.3. The van der Waals surface area contributed by atoms with Crippen molar-refractivity contribution in [1.29, 1.82) is 0 Å². The van der Waals surface area contributed by atoms with Crippen molar-refractivity contribution >= 4 is 11.7 Å². The average Bonchev–Trinajstić information content (AvgIpc) is 3.38. The summed E-state index contributed by atoms with van der Waals surface area (Å²) in [6, 6.07) is 19.6. The molecule has 1 aliphatic rings. The molecular weight excluding hydrogens is 432 g/mol. The number of Topliss-reactive ketones (excluding diaryl/α,β-unsaturated/α-hetero) is 1. The number of rotatable bonds is 9. The Morgan fingerprint density at radius 1 is 1.06 bits per heavy atom. The zero-order valence-electron chi connectivity index (χ0n) is 19.5. The Hall–Kier alpha value is -3.84. The highest BCUT2D eigenvalue weighted by Crippen LogP contribution is 2.39. The summed E-state index contributed by atoms with van der Waals surface area (Å²) in [5.41, 5.74) is 1.78. The summed E-state index contributed by atoms with van der Waals surface area (Å²) >= 11 is 0. The third-order valence-electron chi connectivity index (χ3n) is 5.74. The van der Waals surface area contributed by atoms with Gasteiger partial charge in [-0.1, -0.05) is 42.5 Å². The first-order chi connectivity index (χ1) is 16.3. The van der Waals surface area contributed by atoms with Crippen molar-refractivity contribution in [3.8, 4) is 5.75 Å². The summed E-state index contributed by atoms with van der Waals surface area (Å²) in [6.45, 7) is 3.09. The highest BCUT2D eigenvalue weighted by Gasteiger charge is 2.44. The van der Waals surface area contributed by atoms with E-state index in [0.29, 0.717) is 36.8 Å². The Bertz CT molecular complexity index is 1200. The van der Waals surface area contributed by atoms with Crippen LogP contribution in [0.5, 0.6) is 5.75 Å². The SMILES string of the molecule is Cc1ccc(C(=O)C2=C(O)C(=O)N(CCN(C)C)C2c2ccc(OCc3ccccc3)cc2)o1. The van der Waals surface area contributed by atoms with Crippen LogP contribution in [0.2, 0.25) is 0 Å². The van der Waals surface area contributed by atoms with Gasteiger partial charge >= 0.3 is 0 Å². The number of ether oxygens (including phenoxy) is 1. The standard InChI is InChI=1S/C27H28N2O5/c1-18-9-14-22(34-18)25(30)23-24(29(16-15-28(2)3)27(32)26(23)31)20-10-12-21(13-11-20)33-17-19-7-5-4-6-8-19/h4-14,24,31H,15-17H2,1-3H3. The van der Waals surface area contributed by atoms with Gasteiger partial charge in [0.05, 0.1) is 11.6 Å². The fraction of sp³-hybridized carbons (Fsp3) is 0.259. The predicted molar refractivity (Wildman–Crippen MR) is 128 cm³/mol. The largest absolute Gasteiger partial charge is 0.503 e. The van der Waals surface area contributed by atoms with Crippen molar-refractivity contribution in [2.75, 3.05) is 27.2 Å². The summed E-state index contributed by atoms with van der Waals surface area (Å²) in [5.74, 6) is -0.266. The summed E-state index contributed by atoms with van der Waals surface area (Å²) < 4.78 is 11.4. The van der Waals surface area contributed by atoms with Crippen LogP contribution in [0.25, 0.3) is 0 Å². The summed E-state index contributed by atoms with van der Waals surface area (Å²) in [5, 5.41) is 10.7. The number of carbonyl (C=O) groups is 2. The lowest BCUT2D eigenvalue weighted by atomic mass is 9.95. The van der Waals surface area contributed by atoms with Gasteiger partial charge in [-0.15, -0.1) is 0 Å². The molecule has 0 bridgehead atoms. The van der Waals surface area contributed by atoms with E-state index >= 15 is 0 Å². The molecule has 7 nitrogen and oxygen atoms in total. The van der Waals surface area contributed by atoms with Crippen LogP contribution in [0.4, 0.5) is 0 Å². The van der Waals surface area contributed by atoms with E-state index in [1.54, 1.807) is 31.2 Å². The minimum Gasteiger partial charge on any atom is -0.503 e. The quantitative estimate of drug-likeness (QED) is 0.479. The number of benzene rings is 2. The van der Waals surface area contributed by atoms with Gasteiger partial charge in [0.15, 0.2) is 11.5 Å². The zero-order valence-corrected chi connectivity index (χ0v) is 19.5. The molecule has 0 saturated carbocycles. The Kier molecular flexibility index (Phi) is 6.84. The Morgan fingerprint density at radius 2 is 1.76 bits per heavy atom. The maximum atomic E-state index is 13.3. The van der Waals surface area contributed by atoms with E-state index in [-0.39, 0.29) is 11.3 Å². The second kappa shape index (κ2) is 9.97. The number of aliphatic hydroxyl groups excluding tert-OH is 1. The molecular formula is C27H28N2O5. The summed E-state index contributed by atoms with van der Waals surface area (Å²) in [4.78, 5) is 29.7. The molecule has 4 rings (SSSR count). The molecule has 3 aromatic rings. The minimum atomic E-state index is -0.728. The number of amides is 1. The fourth-order valence-corrected chi connectivity index (χ4v) is 3.95. The van der Waals surface area contributed by atoms with E-state index in [0.717, 1.165) is 5.56 Å². The Labute approximate surface area is 198 Å². The second-order valence-corrected chi connectivity index (χ2v) is 8.55. The first kappa shape index (κ1) is 23.3. The number of ketones is 1. The molecule has 1 aliphatic heterocycles. The molecule has 0 spiro atoms. The molecule has 1 amide bonds. The minimum absolute atomic E-state index is 0.0241. The molecule has 2 heterocycles. The average molecular weight is 461 g/mol. The van der Waals surface area contributed by atoms with Crippen molar-refractivity contribution in [2.24, 2.45) is 0 Å². The molecule has 1 atom stereocenters. The van der Waals surface area contributed by atoms with Gasteiger partial charge in [-0.25, -0.2) is 0 Å². The molecule has 34 heavy (non-hydrogen) atoms. The summed E-state index contributed by atoms with van der Waals surface area (Å²) in [7, 11) is 3.80. The molecule has 1 unspecified atom stereocenters. The zero-order chi connectivity index (χ0) is 24.2. The van der Waals surface area contributed by atoms with Gasteiger partial charge in [0, 0.05) is 13.1 Å². The highest BCUT2D eigenvalue weighted by atomic mass is 16.5. The van der Waals surface area contributed by atoms with Crippen LogP contribution >= 0.6 is 0 Å². The molecule has 0 saturated heterocycles. The summed E-state index contributed by atoms with van der Waals surface area (Å²) in [6.07, 6.45) is 0. The molecule has 176 valence electrons. The number of aryl methyl sites for hydroxylation is 1. The third kappa shape index (κ3) is 4.89. The van der Waals surface area contributed by atoms with Gasteiger partial charge in [-0.05, 0) is 56.4 Å². The molecule has 0 fully saturated rings. The van der Waals surface area contributed by atoms with Gasteiger partial charge in [0.2, 0.25) is 5.78 Å². The van der Waals surface area contributed by atoms with Crippen molar-refractivity contribution in [3.63, 3.8) is 0 Å². The Morgan fingerprint density at radius 3 is 2.38 bits per heavy atom. The van der Waals surface area contributed by atoms with Gasteiger partial charge in [0.25, 0.3) is 5.91 Å². The number of hydrogen-bond acceptors (Lipinski definition) is 6. The normalized spacial score (nSPS) is 15.9. The van der Waals surface area contributed by atoms with Crippen LogP contribution < -0.4 is 4.74 Å². The number of carbonyl (C=O) groups excluding carboxylic acids is 2. The molecule has 1 aromatic heterocycles. The smallest absolute Gasteiger partial charge is 0.290 e. The van der Waals surface area contributed by atoms with Crippen LogP contribution in [-0.4, -0.2) is 53.8 Å². The lowest BCUT2D eigenvalue weighted by molar-refractivity contribution is -0.129. The van der Waals surface area contributed by atoms with E-state index < -0.39 is 23.5 Å². The molecule has 0 aliphatic carbocycles. The molecule has 7 heteroatoms. The first-order valence-electron chi connectivity index (χ1n) is 11.1. The van der Waals surface area contributed by atoms with E-state index in [1.165, 1.54) is 4.90 Å². The van der Waals surface area contributed by atoms with Crippen LogP contribution in [-0.2, 0) is 11.4 Å². The number of furan rings is 1. The van der Waals surface area contributed by atoms with Crippen molar-refractivity contribution < 1.29 is 23.8 Å². The molecule has 0 radical (unpaired) electrons. The molecule has 2 aromatic carbocycles. The van der Waals surface area contributed by atoms with Crippen LogP contribution in [0.15, 0.2) is 82.5 Å². The van der Waals surface area contributed by atoms with E-state index in [2.05, 4.69) is 0 Å². The maximum Gasteiger partial charge on any atom is 0.290 e. The number of likely N-dealkylation sites (N-methyl/N-ethyl adjacent to an activating group) is 1. The van der Waals surface area contributed by atoms with Gasteiger partial charge < -0.3 is 24.1 Å². The first-order valence-corrected chi connectivity index (χ1v) is 11.1. The lowest BCUT2D eigenvalue weighted by Crippen LogP contribution is -2.36. The van der Waals surface area contributed by atoms with Crippen LogP contribution in [0.1, 0.15) is 33.5 Å². The van der Waals surface area contributed by atoms with E-state index in [4.69, 9.17) is 9.15 Å². The highest BCUT2D eigenvalue weighted by molar-refractivity contribution is 6.15. The van der Waals surface area contributed by atoms with Crippen LogP contribution in [0.3, 0.4) is 0 Å². The van der Waals surface area contributed by atoms with Crippen molar-refractivity contribution in [1.82, 2.24) is 9.80 Å². The second-order valence-electron chi connectivity index (χ2n) is 8.55. The van der Waals surface area contributed by atoms with Crippen molar-refractivity contribution in [3.05, 3.63) is 101 Å². The topological polar surface area (TPSA) is 83.2 Å². The van der Waals surface area contributed by atoms with Crippen molar-refractivity contribution in [2.45, 2.75) is 19.6 Å². The van der Waals surface area contributed by atoms with Crippen LogP contribution in [0, 0.1) is 6.92 Å². The fourth-order valence-electron chi connectivity index (χ4n) is 3.95. The van der Waals surface area contributed by atoms with Gasteiger partial charge in [0.1, 0.15) is 18.1 Å². The Balaban J connectivity index is 1.62. The van der Waals surface area contributed by atoms with Gasteiger partial charge in [-0.3, -0.25) is 9.59 Å². The number of hydrogen-bond donors (Lipinski definition) is 1. The third-order valence-corrected chi connectivity index (χ3v) is 5.74. The van der Waals surface area contributed by atoms with E-state index in [9.17, 15) is 14.7 Å². The monoisotopic (exact) mass is 460 g/mol. The number of nitrogens with zero attached hydrogens (tertiary/aromatic N) is 2. The number of aliphatic hydroxyl groups is 1. The predicted octanol–water partition coefficient (Wildman–Crippen LogP) is 4.31. The molecule has 1 N–H and O–H groups in total. The lowest BCUT2D eigenvalue weighted by Gasteiger charge is -2.28.